The topological polar surface area (TPSA) is 69.6 Å². The number of phenols is 1. The number of Topliss-reactive ketones (excluding diaryl/α,β-unsaturated/α-hetero) is 1. The molecule has 1 fully saturated rings. The normalized spacial score (nSPS) is 18.0. The number of ketones is 1. The molecular formula is C24H25NO3. The lowest BCUT2D eigenvalue weighted by atomic mass is 9.87. The van der Waals surface area contributed by atoms with E-state index in [1.54, 1.807) is 36.4 Å². The van der Waals surface area contributed by atoms with Crippen molar-refractivity contribution < 1.29 is 15.0 Å². The van der Waals surface area contributed by atoms with Gasteiger partial charge in [0.05, 0.1) is 0 Å². The number of rotatable bonds is 5. The molecule has 0 atom stereocenters. The molecule has 0 amide bonds. The van der Waals surface area contributed by atoms with Crippen LogP contribution in [0.5, 0.6) is 5.75 Å². The number of carbonyl (C=O) groups is 1. The summed E-state index contributed by atoms with van der Waals surface area (Å²) in [7, 11) is 1.91. The van der Waals surface area contributed by atoms with Crippen LogP contribution >= 0.6 is 0 Å². The van der Waals surface area contributed by atoms with Gasteiger partial charge in [-0.05, 0) is 67.3 Å². The van der Waals surface area contributed by atoms with Crippen molar-refractivity contribution in [2.24, 2.45) is 0 Å². The van der Waals surface area contributed by atoms with Gasteiger partial charge in [-0.2, -0.15) is 0 Å². The highest BCUT2D eigenvalue weighted by molar-refractivity contribution is 6.12. The van der Waals surface area contributed by atoms with Crippen molar-refractivity contribution >= 4 is 17.9 Å². The summed E-state index contributed by atoms with van der Waals surface area (Å²) in [5.74, 6) is 0.113. The molecule has 2 aromatic rings. The largest absolute Gasteiger partial charge is 0.508 e. The molecule has 1 aliphatic rings. The lowest BCUT2D eigenvalue weighted by Gasteiger charge is -2.17. The standard InChI is InChI=1S/C24H25NO3/c1-25-16-19-7-5-18(6-8-19)15-20-3-2-4-22(24(20)28)23(27)14-11-17-9-12-21(26)13-10-17/h5-15,25-27H,2-4,16H2,1H3/b14-11+,20-15+,23-22-. The van der Waals surface area contributed by atoms with Crippen LogP contribution in [0.15, 0.2) is 71.5 Å². The number of nitrogens with one attached hydrogen (secondary N) is 1. The molecule has 0 unspecified atom stereocenters. The highest BCUT2D eigenvalue weighted by Crippen LogP contribution is 2.28. The number of benzene rings is 2. The molecule has 144 valence electrons. The minimum atomic E-state index is -0.0848. The number of hydrogen-bond donors (Lipinski definition) is 3. The summed E-state index contributed by atoms with van der Waals surface area (Å²) < 4.78 is 0. The first kappa shape index (κ1) is 19.6. The SMILES string of the molecule is CNCc1ccc(/C=C2\CCC/C(=C(O)\C=C\c3ccc(O)cc3)C2=O)cc1. The maximum Gasteiger partial charge on any atom is 0.188 e. The molecule has 3 N–H and O–H groups in total. The van der Waals surface area contributed by atoms with Crippen LogP contribution in [0, 0.1) is 0 Å². The van der Waals surface area contributed by atoms with Gasteiger partial charge in [0.25, 0.3) is 0 Å². The fraction of sp³-hybridized carbons (Fsp3) is 0.208. The van der Waals surface area contributed by atoms with Crippen LogP contribution in [0.4, 0.5) is 0 Å². The molecule has 1 saturated carbocycles. The molecule has 0 bridgehead atoms. The van der Waals surface area contributed by atoms with E-state index in [0.717, 1.165) is 36.1 Å². The fourth-order valence-corrected chi connectivity index (χ4v) is 3.26. The van der Waals surface area contributed by atoms with E-state index in [1.807, 2.05) is 37.4 Å². The molecule has 0 aliphatic heterocycles. The Balaban J connectivity index is 1.78. The van der Waals surface area contributed by atoms with Crippen molar-refractivity contribution in [3.8, 4) is 5.75 Å². The second-order valence-corrected chi connectivity index (χ2v) is 6.91. The van der Waals surface area contributed by atoms with Gasteiger partial charge in [0.2, 0.25) is 0 Å². The first-order valence-electron chi connectivity index (χ1n) is 9.45. The number of allylic oxidation sites excluding steroid dienone is 3. The van der Waals surface area contributed by atoms with E-state index in [0.29, 0.717) is 12.0 Å². The predicted octanol–water partition coefficient (Wildman–Crippen LogP) is 4.77. The Bertz CT molecular complexity index is 919. The zero-order valence-corrected chi connectivity index (χ0v) is 16.0. The lowest BCUT2D eigenvalue weighted by Crippen LogP contribution is -2.14. The van der Waals surface area contributed by atoms with Crippen LogP contribution in [0.1, 0.15) is 36.0 Å². The second kappa shape index (κ2) is 9.20. The summed E-state index contributed by atoms with van der Waals surface area (Å²) in [4.78, 5) is 12.8. The zero-order valence-electron chi connectivity index (χ0n) is 16.0. The van der Waals surface area contributed by atoms with E-state index in [2.05, 4.69) is 5.32 Å². The summed E-state index contributed by atoms with van der Waals surface area (Å²) in [6, 6.07) is 14.8. The van der Waals surface area contributed by atoms with Crippen molar-refractivity contribution in [3.05, 3.63) is 88.2 Å². The third-order valence-electron chi connectivity index (χ3n) is 4.78. The Hall–Kier alpha value is -3.11. The van der Waals surface area contributed by atoms with E-state index in [-0.39, 0.29) is 17.3 Å². The molecule has 0 aromatic heterocycles. The van der Waals surface area contributed by atoms with Crippen LogP contribution in [0.3, 0.4) is 0 Å². The Morgan fingerprint density at radius 3 is 2.39 bits per heavy atom. The highest BCUT2D eigenvalue weighted by atomic mass is 16.3. The Morgan fingerprint density at radius 2 is 1.71 bits per heavy atom. The van der Waals surface area contributed by atoms with Crippen molar-refractivity contribution in [1.82, 2.24) is 5.32 Å². The summed E-state index contributed by atoms with van der Waals surface area (Å²) in [5.41, 5.74) is 4.21. The molecule has 0 saturated heterocycles. The predicted molar refractivity (Wildman–Crippen MR) is 113 cm³/mol. The van der Waals surface area contributed by atoms with E-state index >= 15 is 0 Å². The highest BCUT2D eigenvalue weighted by Gasteiger charge is 2.23. The average molecular weight is 375 g/mol. The van der Waals surface area contributed by atoms with E-state index in [9.17, 15) is 15.0 Å². The van der Waals surface area contributed by atoms with Gasteiger partial charge >= 0.3 is 0 Å². The summed E-state index contributed by atoms with van der Waals surface area (Å²) in [5, 5.41) is 22.9. The number of aliphatic hydroxyl groups is 1. The molecule has 0 radical (unpaired) electrons. The molecule has 3 rings (SSSR count). The molecule has 2 aromatic carbocycles. The number of phenolic OH excluding ortho intramolecular Hbond substituents is 1. The van der Waals surface area contributed by atoms with Gasteiger partial charge in [0.1, 0.15) is 11.5 Å². The van der Waals surface area contributed by atoms with E-state index < -0.39 is 0 Å². The maximum absolute atomic E-state index is 12.8. The van der Waals surface area contributed by atoms with Gasteiger partial charge in [0.15, 0.2) is 5.78 Å². The fourth-order valence-electron chi connectivity index (χ4n) is 3.26. The number of aliphatic hydroxyl groups excluding tert-OH is 1. The molecule has 0 spiro atoms. The summed E-state index contributed by atoms with van der Waals surface area (Å²) in [6.07, 6.45) is 7.32. The van der Waals surface area contributed by atoms with Crippen molar-refractivity contribution in [2.45, 2.75) is 25.8 Å². The van der Waals surface area contributed by atoms with Crippen LogP contribution in [-0.2, 0) is 11.3 Å². The smallest absolute Gasteiger partial charge is 0.188 e. The van der Waals surface area contributed by atoms with Crippen molar-refractivity contribution in [1.29, 1.82) is 0 Å². The molecule has 4 heteroatoms. The Morgan fingerprint density at radius 1 is 1.04 bits per heavy atom. The quantitative estimate of drug-likeness (QED) is 0.520. The molecule has 4 nitrogen and oxygen atoms in total. The maximum atomic E-state index is 12.8. The van der Waals surface area contributed by atoms with Crippen LogP contribution < -0.4 is 5.32 Å². The summed E-state index contributed by atoms with van der Waals surface area (Å²) >= 11 is 0. The monoisotopic (exact) mass is 375 g/mol. The van der Waals surface area contributed by atoms with Crippen molar-refractivity contribution in [3.63, 3.8) is 0 Å². The summed E-state index contributed by atoms with van der Waals surface area (Å²) in [6.45, 7) is 0.809. The van der Waals surface area contributed by atoms with Crippen molar-refractivity contribution in [2.75, 3.05) is 7.05 Å². The molecular weight excluding hydrogens is 350 g/mol. The van der Waals surface area contributed by atoms with Gasteiger partial charge in [-0.15, -0.1) is 0 Å². The van der Waals surface area contributed by atoms with Gasteiger partial charge in [-0.25, -0.2) is 0 Å². The lowest BCUT2D eigenvalue weighted by molar-refractivity contribution is -0.113. The van der Waals surface area contributed by atoms with Gasteiger partial charge < -0.3 is 15.5 Å². The first-order chi connectivity index (χ1) is 13.6. The van der Waals surface area contributed by atoms with Crippen LogP contribution in [0.2, 0.25) is 0 Å². The molecule has 1 aliphatic carbocycles. The third kappa shape index (κ3) is 4.99. The zero-order chi connectivity index (χ0) is 19.9. The molecule has 0 heterocycles. The van der Waals surface area contributed by atoms with Crippen LogP contribution in [-0.4, -0.2) is 23.0 Å². The van der Waals surface area contributed by atoms with Gasteiger partial charge in [-0.3, -0.25) is 4.79 Å². The number of aromatic hydroxyl groups is 1. The number of carbonyl (C=O) groups excluding carboxylic acids is 1. The Labute approximate surface area is 165 Å². The molecule has 28 heavy (non-hydrogen) atoms. The third-order valence-corrected chi connectivity index (χ3v) is 4.78. The van der Waals surface area contributed by atoms with E-state index in [1.165, 1.54) is 5.56 Å². The first-order valence-corrected chi connectivity index (χ1v) is 9.45. The second-order valence-electron chi connectivity index (χ2n) is 6.91. The number of hydrogen-bond acceptors (Lipinski definition) is 4. The van der Waals surface area contributed by atoms with E-state index in [4.69, 9.17) is 0 Å². The average Bonchev–Trinajstić information content (AvgIpc) is 2.70. The minimum Gasteiger partial charge on any atom is -0.508 e. The minimum absolute atomic E-state index is 0.00745. The van der Waals surface area contributed by atoms with Crippen LogP contribution in [0.25, 0.3) is 12.2 Å². The van der Waals surface area contributed by atoms with Gasteiger partial charge in [0, 0.05) is 17.7 Å². The Kier molecular flexibility index (Phi) is 6.45. The van der Waals surface area contributed by atoms with Gasteiger partial charge in [-0.1, -0.05) is 42.5 Å².